The fraction of sp³-hybridized carbons (Fsp3) is 0.235. The fourth-order valence-corrected chi connectivity index (χ4v) is 2.13. The van der Waals surface area contributed by atoms with Crippen molar-refractivity contribution in [2.45, 2.75) is 19.1 Å². The third-order valence-corrected chi connectivity index (χ3v) is 3.42. The third-order valence-electron chi connectivity index (χ3n) is 3.42. The van der Waals surface area contributed by atoms with E-state index in [1.807, 2.05) is 43.3 Å². The molecular weight excluding hydrogens is 266 g/mol. The van der Waals surface area contributed by atoms with Crippen LogP contribution in [0.4, 0.5) is 0 Å². The Bertz CT molecular complexity index is 637. The number of aromatic hydroxyl groups is 1. The third kappa shape index (κ3) is 3.16. The van der Waals surface area contributed by atoms with Crippen molar-refractivity contribution < 1.29 is 14.6 Å². The molecule has 1 N–H and O–H groups in total. The first-order valence-corrected chi connectivity index (χ1v) is 6.93. The highest BCUT2D eigenvalue weighted by molar-refractivity contribution is 5.79. The molecule has 108 valence electrons. The first-order chi connectivity index (χ1) is 10.2. The van der Waals surface area contributed by atoms with Crippen LogP contribution in [0.1, 0.15) is 12.5 Å². The van der Waals surface area contributed by atoms with Gasteiger partial charge in [0.2, 0.25) is 0 Å². The van der Waals surface area contributed by atoms with Crippen LogP contribution in [-0.2, 0) is 0 Å². The van der Waals surface area contributed by atoms with E-state index >= 15 is 0 Å². The van der Waals surface area contributed by atoms with Gasteiger partial charge in [0.15, 0.2) is 17.6 Å². The zero-order valence-corrected chi connectivity index (χ0v) is 11.8. The van der Waals surface area contributed by atoms with Gasteiger partial charge < -0.3 is 14.6 Å². The Morgan fingerprint density at radius 2 is 1.86 bits per heavy atom. The van der Waals surface area contributed by atoms with Crippen molar-refractivity contribution in [1.82, 2.24) is 0 Å². The lowest BCUT2D eigenvalue weighted by Gasteiger charge is -2.28. The lowest BCUT2D eigenvalue weighted by atomic mass is 10.1. The number of hydrogen-bond donors (Lipinski definition) is 1. The molecule has 0 saturated heterocycles. The van der Waals surface area contributed by atoms with Gasteiger partial charge in [0.1, 0.15) is 12.4 Å². The summed E-state index contributed by atoms with van der Waals surface area (Å²) in [7, 11) is 0. The summed E-state index contributed by atoms with van der Waals surface area (Å²) in [5, 5.41) is 9.25. The van der Waals surface area contributed by atoms with Crippen LogP contribution in [0.2, 0.25) is 0 Å². The second-order valence-electron chi connectivity index (χ2n) is 5.02. The molecule has 4 heteroatoms. The molecular formula is C17H17NO3. The van der Waals surface area contributed by atoms with Crippen LogP contribution in [0.15, 0.2) is 53.5 Å². The predicted molar refractivity (Wildman–Crippen MR) is 81.5 cm³/mol. The molecule has 0 fully saturated rings. The Morgan fingerprint density at radius 3 is 2.62 bits per heavy atom. The second kappa shape index (κ2) is 5.87. The molecule has 4 nitrogen and oxygen atoms in total. The van der Waals surface area contributed by atoms with E-state index in [2.05, 4.69) is 4.99 Å². The maximum Gasteiger partial charge on any atom is 0.161 e. The predicted octanol–water partition coefficient (Wildman–Crippen LogP) is 3.04. The number of hydrogen-bond acceptors (Lipinski definition) is 4. The molecule has 1 aliphatic heterocycles. The van der Waals surface area contributed by atoms with E-state index in [9.17, 15) is 5.11 Å². The molecule has 0 saturated carbocycles. The summed E-state index contributed by atoms with van der Waals surface area (Å²) in [5.74, 6) is 1.80. The van der Waals surface area contributed by atoms with Gasteiger partial charge in [-0.1, -0.05) is 12.1 Å². The molecule has 21 heavy (non-hydrogen) atoms. The monoisotopic (exact) mass is 283 g/mol. The first-order valence-electron chi connectivity index (χ1n) is 6.93. The van der Waals surface area contributed by atoms with Gasteiger partial charge >= 0.3 is 0 Å². The van der Waals surface area contributed by atoms with E-state index in [0.29, 0.717) is 6.61 Å². The van der Waals surface area contributed by atoms with Crippen LogP contribution in [0.25, 0.3) is 0 Å². The summed E-state index contributed by atoms with van der Waals surface area (Å²) in [6.45, 7) is 2.49. The lowest BCUT2D eigenvalue weighted by molar-refractivity contribution is 0.0771. The summed E-state index contributed by atoms with van der Waals surface area (Å²) < 4.78 is 11.6. The van der Waals surface area contributed by atoms with Gasteiger partial charge in [-0.05, 0) is 48.9 Å². The van der Waals surface area contributed by atoms with Crippen molar-refractivity contribution in [1.29, 1.82) is 0 Å². The first kappa shape index (κ1) is 13.5. The largest absolute Gasteiger partial charge is 0.508 e. The van der Waals surface area contributed by atoms with Gasteiger partial charge in [-0.3, -0.25) is 4.99 Å². The molecule has 0 aromatic heterocycles. The van der Waals surface area contributed by atoms with E-state index in [4.69, 9.17) is 9.47 Å². The Kier molecular flexibility index (Phi) is 3.77. The molecule has 2 atom stereocenters. The lowest BCUT2D eigenvalue weighted by Crippen LogP contribution is -2.37. The standard InChI is InChI=1S/C17H17NO3/c1-12(18-10-13-6-8-14(19)9-7-13)17-11-20-15-4-2-3-5-16(15)21-17/h2-10,12,17,19H,11H2,1H3. The van der Waals surface area contributed by atoms with Crippen molar-refractivity contribution in [3.05, 3.63) is 54.1 Å². The normalized spacial score (nSPS) is 18.6. The van der Waals surface area contributed by atoms with Crippen LogP contribution >= 0.6 is 0 Å². The Hall–Kier alpha value is -2.49. The van der Waals surface area contributed by atoms with Crippen LogP contribution < -0.4 is 9.47 Å². The van der Waals surface area contributed by atoms with Gasteiger partial charge in [0, 0.05) is 6.21 Å². The van der Waals surface area contributed by atoms with E-state index in [1.54, 1.807) is 18.3 Å². The van der Waals surface area contributed by atoms with Crippen molar-refractivity contribution in [3.63, 3.8) is 0 Å². The van der Waals surface area contributed by atoms with Crippen molar-refractivity contribution in [3.8, 4) is 17.2 Å². The van der Waals surface area contributed by atoms with Gasteiger partial charge in [-0.15, -0.1) is 0 Å². The smallest absolute Gasteiger partial charge is 0.161 e. The number of phenolic OH excluding ortho intramolecular Hbond substituents is 1. The Balaban J connectivity index is 1.66. The van der Waals surface area contributed by atoms with Gasteiger partial charge in [-0.25, -0.2) is 0 Å². The SMILES string of the molecule is CC(N=Cc1ccc(O)cc1)C1COc2ccccc2O1. The molecule has 0 amide bonds. The second-order valence-corrected chi connectivity index (χ2v) is 5.02. The number of rotatable bonds is 3. The van der Waals surface area contributed by atoms with Crippen molar-refractivity contribution in [2.75, 3.05) is 6.61 Å². The number of nitrogens with zero attached hydrogens (tertiary/aromatic N) is 1. The highest BCUT2D eigenvalue weighted by atomic mass is 16.6. The van der Waals surface area contributed by atoms with Gasteiger partial charge in [0.05, 0.1) is 6.04 Å². The molecule has 3 rings (SSSR count). The molecule has 2 aromatic carbocycles. The number of benzene rings is 2. The summed E-state index contributed by atoms with van der Waals surface area (Å²) in [5.41, 5.74) is 0.941. The average Bonchev–Trinajstić information content (AvgIpc) is 2.53. The summed E-state index contributed by atoms with van der Waals surface area (Å²) in [6.07, 6.45) is 1.68. The quantitative estimate of drug-likeness (QED) is 0.881. The van der Waals surface area contributed by atoms with Gasteiger partial charge in [0.25, 0.3) is 0 Å². The molecule has 0 bridgehead atoms. The minimum absolute atomic E-state index is 0.0211. The van der Waals surface area contributed by atoms with Crippen molar-refractivity contribution >= 4 is 6.21 Å². The van der Waals surface area contributed by atoms with Crippen LogP contribution in [0.5, 0.6) is 17.2 Å². The summed E-state index contributed by atoms with van der Waals surface area (Å²) in [4.78, 5) is 4.51. The highest BCUT2D eigenvalue weighted by Gasteiger charge is 2.25. The van der Waals surface area contributed by atoms with E-state index < -0.39 is 0 Å². The number of phenols is 1. The molecule has 0 spiro atoms. The highest BCUT2D eigenvalue weighted by Crippen LogP contribution is 2.31. The van der Waals surface area contributed by atoms with Crippen LogP contribution in [0, 0.1) is 0 Å². The average molecular weight is 283 g/mol. The topological polar surface area (TPSA) is 51.1 Å². The van der Waals surface area contributed by atoms with E-state index in [-0.39, 0.29) is 17.9 Å². The van der Waals surface area contributed by atoms with Gasteiger partial charge in [-0.2, -0.15) is 0 Å². The summed E-state index contributed by atoms with van der Waals surface area (Å²) >= 11 is 0. The Morgan fingerprint density at radius 1 is 1.14 bits per heavy atom. The fourth-order valence-electron chi connectivity index (χ4n) is 2.13. The number of fused-ring (bicyclic) bond motifs is 1. The Labute approximate surface area is 123 Å². The zero-order valence-electron chi connectivity index (χ0n) is 11.8. The van der Waals surface area contributed by atoms with E-state index in [0.717, 1.165) is 17.1 Å². The molecule has 1 heterocycles. The molecule has 2 unspecified atom stereocenters. The molecule has 2 aromatic rings. The summed E-state index contributed by atoms with van der Waals surface area (Å²) in [6, 6.07) is 14.5. The van der Waals surface area contributed by atoms with Crippen LogP contribution in [0.3, 0.4) is 0 Å². The maximum absolute atomic E-state index is 9.25. The molecule has 0 aliphatic carbocycles. The molecule has 0 radical (unpaired) electrons. The minimum Gasteiger partial charge on any atom is -0.508 e. The van der Waals surface area contributed by atoms with E-state index in [1.165, 1.54) is 0 Å². The minimum atomic E-state index is -0.103. The zero-order chi connectivity index (χ0) is 14.7. The molecule has 1 aliphatic rings. The number of para-hydroxylation sites is 2. The number of ether oxygens (including phenoxy) is 2. The maximum atomic E-state index is 9.25. The van der Waals surface area contributed by atoms with Crippen molar-refractivity contribution in [2.24, 2.45) is 4.99 Å². The number of aliphatic imine (C=N–C) groups is 1. The van der Waals surface area contributed by atoms with Crippen LogP contribution in [-0.4, -0.2) is 30.1 Å².